The minimum atomic E-state index is 0.171. The minimum Gasteiger partial charge on any atom is -0.396 e. The van der Waals surface area contributed by atoms with Crippen LogP contribution in [0.4, 0.5) is 0 Å². The van der Waals surface area contributed by atoms with Gasteiger partial charge in [0, 0.05) is 18.7 Å². The molecule has 1 heterocycles. The van der Waals surface area contributed by atoms with Crippen molar-refractivity contribution in [2.24, 2.45) is 0 Å². The van der Waals surface area contributed by atoms with Gasteiger partial charge in [-0.25, -0.2) is 0 Å². The molecule has 0 aliphatic heterocycles. The molecule has 3 heteroatoms. The quantitative estimate of drug-likeness (QED) is 0.597. The lowest BCUT2D eigenvalue weighted by Gasteiger charge is -1.84. The molecule has 1 aromatic heterocycles. The van der Waals surface area contributed by atoms with Gasteiger partial charge < -0.3 is 5.11 Å². The predicted molar refractivity (Wildman–Crippen MR) is 34.1 cm³/mol. The predicted octanol–water partition coefficient (Wildman–Crippen LogP) is 0.253. The van der Waals surface area contributed by atoms with Crippen molar-refractivity contribution in [3.63, 3.8) is 0 Å². The number of hydrogen-bond acceptors (Lipinski definition) is 2. The van der Waals surface area contributed by atoms with Crippen LogP contribution < -0.4 is 0 Å². The summed E-state index contributed by atoms with van der Waals surface area (Å²) in [7, 11) is 0. The van der Waals surface area contributed by atoms with E-state index < -0.39 is 0 Å². The van der Waals surface area contributed by atoms with Gasteiger partial charge in [0.15, 0.2) is 0 Å². The van der Waals surface area contributed by atoms with Crippen LogP contribution in [0, 0.1) is 6.92 Å². The standard InChI is InChI=1S/C6H10N2O/c1-5-4-6(2-3-9)8-7-5/h4,9H,2-3H2,1H3,(H,7,8). The Kier molecular flexibility index (Phi) is 1.85. The maximum absolute atomic E-state index is 8.48. The number of aromatic nitrogens is 2. The number of aliphatic hydroxyl groups is 1. The fourth-order valence-electron chi connectivity index (χ4n) is 0.717. The van der Waals surface area contributed by atoms with Gasteiger partial charge in [0.1, 0.15) is 0 Å². The molecule has 0 fully saturated rings. The van der Waals surface area contributed by atoms with Crippen LogP contribution in [0.1, 0.15) is 11.4 Å². The van der Waals surface area contributed by atoms with E-state index in [0.717, 1.165) is 11.4 Å². The van der Waals surface area contributed by atoms with Gasteiger partial charge in [-0.3, -0.25) is 5.10 Å². The molecule has 0 spiro atoms. The van der Waals surface area contributed by atoms with E-state index in [1.807, 2.05) is 13.0 Å². The van der Waals surface area contributed by atoms with Crippen molar-refractivity contribution in [2.75, 3.05) is 6.61 Å². The third kappa shape index (κ3) is 1.54. The van der Waals surface area contributed by atoms with E-state index in [0.29, 0.717) is 6.42 Å². The molecule has 0 radical (unpaired) electrons. The van der Waals surface area contributed by atoms with Crippen molar-refractivity contribution < 1.29 is 5.11 Å². The zero-order valence-corrected chi connectivity index (χ0v) is 5.39. The summed E-state index contributed by atoms with van der Waals surface area (Å²) in [6.07, 6.45) is 0.643. The third-order valence-electron chi connectivity index (χ3n) is 1.13. The van der Waals surface area contributed by atoms with Crippen molar-refractivity contribution in [1.29, 1.82) is 0 Å². The summed E-state index contributed by atoms with van der Waals surface area (Å²) in [5, 5.41) is 15.2. The first kappa shape index (κ1) is 6.29. The summed E-state index contributed by atoms with van der Waals surface area (Å²) >= 11 is 0. The van der Waals surface area contributed by atoms with E-state index in [2.05, 4.69) is 10.2 Å². The lowest BCUT2D eigenvalue weighted by molar-refractivity contribution is 0.298. The first-order chi connectivity index (χ1) is 4.33. The van der Waals surface area contributed by atoms with E-state index in [9.17, 15) is 0 Å². The van der Waals surface area contributed by atoms with E-state index in [1.54, 1.807) is 0 Å². The highest BCUT2D eigenvalue weighted by Gasteiger charge is 1.93. The highest BCUT2D eigenvalue weighted by Crippen LogP contribution is 1.96. The van der Waals surface area contributed by atoms with Gasteiger partial charge in [0.25, 0.3) is 0 Å². The van der Waals surface area contributed by atoms with E-state index in [4.69, 9.17) is 5.11 Å². The van der Waals surface area contributed by atoms with Crippen LogP contribution in [0.2, 0.25) is 0 Å². The number of H-pyrrole nitrogens is 1. The molecule has 0 saturated carbocycles. The lowest BCUT2D eigenvalue weighted by Crippen LogP contribution is -1.89. The van der Waals surface area contributed by atoms with Gasteiger partial charge >= 0.3 is 0 Å². The van der Waals surface area contributed by atoms with Gasteiger partial charge in [-0.15, -0.1) is 0 Å². The molecule has 1 aromatic rings. The second-order valence-corrected chi connectivity index (χ2v) is 2.02. The summed E-state index contributed by atoms with van der Waals surface area (Å²) in [5.41, 5.74) is 1.97. The molecule has 9 heavy (non-hydrogen) atoms. The SMILES string of the molecule is Cc1cc(CCO)n[nH]1. The second-order valence-electron chi connectivity index (χ2n) is 2.02. The first-order valence-electron chi connectivity index (χ1n) is 2.94. The fraction of sp³-hybridized carbons (Fsp3) is 0.500. The Morgan fingerprint density at radius 1 is 1.78 bits per heavy atom. The van der Waals surface area contributed by atoms with Crippen molar-refractivity contribution in [1.82, 2.24) is 10.2 Å². The Morgan fingerprint density at radius 2 is 2.56 bits per heavy atom. The average molecular weight is 126 g/mol. The Balaban J connectivity index is 2.61. The lowest BCUT2D eigenvalue weighted by atomic mass is 10.3. The van der Waals surface area contributed by atoms with Gasteiger partial charge in [0.2, 0.25) is 0 Å². The van der Waals surface area contributed by atoms with Crippen LogP contribution in [-0.4, -0.2) is 21.9 Å². The molecule has 0 bridgehead atoms. The first-order valence-corrected chi connectivity index (χ1v) is 2.94. The number of rotatable bonds is 2. The van der Waals surface area contributed by atoms with E-state index >= 15 is 0 Å². The van der Waals surface area contributed by atoms with Gasteiger partial charge in [0.05, 0.1) is 5.69 Å². The molecule has 0 amide bonds. The van der Waals surface area contributed by atoms with Crippen molar-refractivity contribution in [2.45, 2.75) is 13.3 Å². The topological polar surface area (TPSA) is 48.9 Å². The summed E-state index contributed by atoms with van der Waals surface area (Å²) in [5.74, 6) is 0. The molecule has 2 N–H and O–H groups in total. The Hall–Kier alpha value is -0.830. The number of hydrogen-bond donors (Lipinski definition) is 2. The van der Waals surface area contributed by atoms with Crippen LogP contribution in [0.5, 0.6) is 0 Å². The Bertz CT molecular complexity index is 183. The van der Waals surface area contributed by atoms with Crippen molar-refractivity contribution in [3.05, 3.63) is 17.5 Å². The fourth-order valence-corrected chi connectivity index (χ4v) is 0.717. The number of aromatic amines is 1. The number of aliphatic hydroxyl groups excluding tert-OH is 1. The average Bonchev–Trinajstić information content (AvgIpc) is 2.17. The molecule has 0 aromatic carbocycles. The van der Waals surface area contributed by atoms with E-state index in [1.165, 1.54) is 0 Å². The van der Waals surface area contributed by atoms with Gasteiger partial charge in [-0.2, -0.15) is 5.10 Å². The Labute approximate surface area is 53.7 Å². The van der Waals surface area contributed by atoms with E-state index in [-0.39, 0.29) is 6.61 Å². The monoisotopic (exact) mass is 126 g/mol. The molecule has 0 saturated heterocycles. The molecule has 0 aliphatic rings. The number of aryl methyl sites for hydroxylation is 1. The second kappa shape index (κ2) is 2.64. The molecule has 0 aliphatic carbocycles. The van der Waals surface area contributed by atoms with Gasteiger partial charge in [-0.1, -0.05) is 0 Å². The van der Waals surface area contributed by atoms with Crippen LogP contribution in [0.25, 0.3) is 0 Å². The molecular formula is C6H10N2O. The molecule has 1 rings (SSSR count). The Morgan fingerprint density at radius 3 is 3.00 bits per heavy atom. The molecule has 50 valence electrons. The number of nitrogens with zero attached hydrogens (tertiary/aromatic N) is 1. The maximum Gasteiger partial charge on any atom is 0.0647 e. The highest BCUT2D eigenvalue weighted by molar-refractivity contribution is 5.06. The number of nitrogens with one attached hydrogen (secondary N) is 1. The summed E-state index contributed by atoms with van der Waals surface area (Å²) in [6.45, 7) is 2.11. The molecule has 0 unspecified atom stereocenters. The van der Waals surface area contributed by atoms with Crippen molar-refractivity contribution in [3.8, 4) is 0 Å². The van der Waals surface area contributed by atoms with Crippen LogP contribution in [-0.2, 0) is 6.42 Å². The molecule has 0 atom stereocenters. The third-order valence-corrected chi connectivity index (χ3v) is 1.13. The van der Waals surface area contributed by atoms with Gasteiger partial charge in [-0.05, 0) is 13.0 Å². The largest absolute Gasteiger partial charge is 0.396 e. The summed E-state index contributed by atoms with van der Waals surface area (Å²) in [6, 6.07) is 1.93. The smallest absolute Gasteiger partial charge is 0.0647 e. The zero-order chi connectivity index (χ0) is 6.69. The maximum atomic E-state index is 8.48. The van der Waals surface area contributed by atoms with Crippen LogP contribution >= 0.6 is 0 Å². The minimum absolute atomic E-state index is 0.171. The summed E-state index contributed by atoms with van der Waals surface area (Å²) in [4.78, 5) is 0. The van der Waals surface area contributed by atoms with Crippen LogP contribution in [0.3, 0.4) is 0 Å². The highest BCUT2D eigenvalue weighted by atomic mass is 16.3. The summed E-state index contributed by atoms with van der Waals surface area (Å²) < 4.78 is 0. The van der Waals surface area contributed by atoms with Crippen LogP contribution in [0.15, 0.2) is 6.07 Å². The van der Waals surface area contributed by atoms with Crippen molar-refractivity contribution >= 4 is 0 Å². The zero-order valence-electron chi connectivity index (χ0n) is 5.39. The molecule has 3 nitrogen and oxygen atoms in total. The molecular weight excluding hydrogens is 116 g/mol. The normalized spacial score (nSPS) is 10.0.